The van der Waals surface area contributed by atoms with Crippen molar-refractivity contribution in [3.63, 3.8) is 0 Å². The molecule has 1 aliphatic rings. The minimum Gasteiger partial charge on any atom is -0.389 e. The summed E-state index contributed by atoms with van der Waals surface area (Å²) in [6, 6.07) is 11.8. The molecule has 0 radical (unpaired) electrons. The third-order valence-corrected chi connectivity index (χ3v) is 5.96. The lowest BCUT2D eigenvalue weighted by Gasteiger charge is -2.38. The zero-order valence-electron chi connectivity index (χ0n) is 17.5. The van der Waals surface area contributed by atoms with Gasteiger partial charge in [0.05, 0.1) is 11.2 Å². The van der Waals surface area contributed by atoms with E-state index in [2.05, 4.69) is 15.4 Å². The second-order valence-corrected chi connectivity index (χ2v) is 8.45. The molecule has 2 N–H and O–H groups in total. The van der Waals surface area contributed by atoms with Crippen LogP contribution in [0.4, 0.5) is 19.9 Å². The quantitative estimate of drug-likeness (QED) is 0.579. The van der Waals surface area contributed by atoms with Gasteiger partial charge >= 0.3 is 0 Å². The molecule has 1 amide bonds. The number of aryl methyl sites for hydroxylation is 1. The molecule has 0 unspecified atom stereocenters. The van der Waals surface area contributed by atoms with Gasteiger partial charge in [0.15, 0.2) is 18.2 Å². The highest BCUT2D eigenvalue weighted by Gasteiger charge is 2.35. The number of likely N-dealkylation sites (tertiary alicyclic amines) is 1. The molecule has 2 aromatic heterocycles. The van der Waals surface area contributed by atoms with Crippen LogP contribution >= 0.6 is 12.3 Å². The van der Waals surface area contributed by atoms with Crippen molar-refractivity contribution in [1.82, 2.24) is 19.1 Å². The largest absolute Gasteiger partial charge is 0.389 e. The number of nitrogens with zero attached hydrogens (tertiary/aromatic N) is 4. The molecule has 1 aliphatic heterocycles. The summed E-state index contributed by atoms with van der Waals surface area (Å²) in [6.45, 7) is 2.29. The standard InChI is InChI=1S/C22H23F2N5O2S/c1-15-4-2-6-17(20(15)23)21(30)28-12-9-22(31,10-13-28)14-16-5-3-7-18(25-16)26-19-8-11-29(27-19)32-24/h2-8,11,31H,9-10,12-14H2,1H3,(H,25,26,27). The average molecular weight is 460 g/mol. The van der Waals surface area contributed by atoms with Crippen LogP contribution in [-0.2, 0) is 6.42 Å². The minimum atomic E-state index is -1.01. The smallest absolute Gasteiger partial charge is 0.256 e. The number of halogens is 2. The normalized spacial score (nSPS) is 15.6. The Morgan fingerprint density at radius 1 is 1.19 bits per heavy atom. The van der Waals surface area contributed by atoms with E-state index in [0.29, 0.717) is 55.2 Å². The van der Waals surface area contributed by atoms with Gasteiger partial charge < -0.3 is 15.3 Å². The molecule has 0 aliphatic carbocycles. The fourth-order valence-corrected chi connectivity index (χ4v) is 4.04. The number of nitrogens with one attached hydrogen (secondary N) is 1. The van der Waals surface area contributed by atoms with Crippen molar-refractivity contribution in [3.05, 3.63) is 71.3 Å². The third kappa shape index (κ3) is 4.91. The number of piperidine rings is 1. The van der Waals surface area contributed by atoms with Crippen molar-refractivity contribution >= 4 is 29.9 Å². The Balaban J connectivity index is 1.38. The Kier molecular flexibility index (Phi) is 6.43. The molecule has 0 bridgehead atoms. The number of aromatic nitrogens is 3. The van der Waals surface area contributed by atoms with Crippen molar-refractivity contribution in [3.8, 4) is 0 Å². The maximum atomic E-state index is 14.3. The van der Waals surface area contributed by atoms with Gasteiger partial charge in [-0.3, -0.25) is 4.79 Å². The molecule has 32 heavy (non-hydrogen) atoms. The second kappa shape index (κ2) is 9.25. The van der Waals surface area contributed by atoms with E-state index in [-0.39, 0.29) is 23.8 Å². The average Bonchev–Trinajstić information content (AvgIpc) is 3.23. The molecule has 1 saturated heterocycles. The first kappa shape index (κ1) is 22.2. The van der Waals surface area contributed by atoms with Crippen molar-refractivity contribution in [2.75, 3.05) is 18.4 Å². The number of pyridine rings is 1. The van der Waals surface area contributed by atoms with E-state index in [0.717, 1.165) is 4.09 Å². The molecule has 3 aromatic rings. The van der Waals surface area contributed by atoms with E-state index < -0.39 is 11.4 Å². The third-order valence-electron chi connectivity index (χ3n) is 5.61. The molecule has 3 heterocycles. The van der Waals surface area contributed by atoms with Gasteiger partial charge in [0, 0.05) is 37.5 Å². The first-order valence-corrected chi connectivity index (χ1v) is 10.9. The molecule has 1 aromatic carbocycles. The van der Waals surface area contributed by atoms with Gasteiger partial charge in [-0.2, -0.15) is 4.09 Å². The van der Waals surface area contributed by atoms with Crippen molar-refractivity contribution in [1.29, 1.82) is 0 Å². The van der Waals surface area contributed by atoms with Gasteiger partial charge in [-0.15, -0.1) is 8.98 Å². The molecule has 168 valence electrons. The van der Waals surface area contributed by atoms with Crippen molar-refractivity contribution < 1.29 is 18.2 Å². The lowest BCUT2D eigenvalue weighted by atomic mass is 9.86. The summed E-state index contributed by atoms with van der Waals surface area (Å²) in [4.78, 5) is 18.8. The second-order valence-electron chi connectivity index (χ2n) is 7.94. The molecule has 0 saturated carbocycles. The first-order valence-electron chi connectivity index (χ1n) is 10.2. The van der Waals surface area contributed by atoms with Crippen molar-refractivity contribution in [2.24, 2.45) is 0 Å². The minimum absolute atomic E-state index is 0.00853. The van der Waals surface area contributed by atoms with Crippen LogP contribution < -0.4 is 5.32 Å². The highest BCUT2D eigenvalue weighted by Crippen LogP contribution is 2.28. The van der Waals surface area contributed by atoms with Gasteiger partial charge in [-0.25, -0.2) is 9.37 Å². The summed E-state index contributed by atoms with van der Waals surface area (Å²) in [7, 11) is 0. The molecule has 0 spiro atoms. The number of hydrogen-bond acceptors (Lipinski definition) is 6. The Hall–Kier alpha value is -2.98. The van der Waals surface area contributed by atoms with Gasteiger partial charge in [0.25, 0.3) is 5.91 Å². The summed E-state index contributed by atoms with van der Waals surface area (Å²) >= 11 is -0.00853. The summed E-state index contributed by atoms with van der Waals surface area (Å²) in [6.07, 6.45) is 2.53. The summed E-state index contributed by atoms with van der Waals surface area (Å²) < 4.78 is 28.0. The predicted molar refractivity (Wildman–Crippen MR) is 119 cm³/mol. The number of rotatable bonds is 6. The summed E-state index contributed by atoms with van der Waals surface area (Å²) in [5.41, 5.74) is 0.157. The molecular weight excluding hydrogens is 436 g/mol. The van der Waals surface area contributed by atoms with Gasteiger partial charge in [0.1, 0.15) is 11.6 Å². The fourth-order valence-electron chi connectivity index (χ4n) is 3.81. The topological polar surface area (TPSA) is 83.3 Å². The van der Waals surface area contributed by atoms with E-state index in [4.69, 9.17) is 0 Å². The van der Waals surface area contributed by atoms with Crippen LogP contribution in [0.5, 0.6) is 0 Å². The number of carbonyl (C=O) groups is 1. The van der Waals surface area contributed by atoms with Crippen molar-refractivity contribution in [2.45, 2.75) is 31.8 Å². The lowest BCUT2D eigenvalue weighted by molar-refractivity contribution is -0.0169. The number of anilines is 2. The first-order chi connectivity index (χ1) is 15.4. The highest BCUT2D eigenvalue weighted by atomic mass is 32.2. The fraction of sp³-hybridized carbons (Fsp3) is 0.318. The Labute approximate surface area is 188 Å². The molecular formula is C22H23F2N5O2S. The number of carbonyl (C=O) groups excluding carboxylic acids is 1. The Morgan fingerprint density at radius 3 is 2.66 bits per heavy atom. The van der Waals surface area contributed by atoms with E-state index in [1.807, 2.05) is 12.1 Å². The highest BCUT2D eigenvalue weighted by molar-refractivity contribution is 7.92. The van der Waals surface area contributed by atoms with Gasteiger partial charge in [-0.1, -0.05) is 18.2 Å². The molecule has 0 atom stereocenters. The Bertz CT molecular complexity index is 1120. The molecule has 7 nitrogen and oxygen atoms in total. The van der Waals surface area contributed by atoms with Crippen LogP contribution in [0.25, 0.3) is 0 Å². The van der Waals surface area contributed by atoms with Crippen LogP contribution in [0, 0.1) is 12.7 Å². The van der Waals surface area contributed by atoms with Gasteiger partial charge in [-0.05, 0) is 43.5 Å². The SMILES string of the molecule is Cc1cccc(C(=O)N2CCC(O)(Cc3cccc(Nc4ccn(SF)n4)n3)CC2)c1F. The van der Waals surface area contributed by atoms with Crippen LogP contribution in [-0.4, -0.2) is 48.8 Å². The number of aliphatic hydroxyl groups is 1. The van der Waals surface area contributed by atoms with E-state index >= 15 is 0 Å². The number of amides is 1. The molecule has 1 fully saturated rings. The predicted octanol–water partition coefficient (Wildman–Crippen LogP) is 4.06. The van der Waals surface area contributed by atoms with Crippen LogP contribution in [0.3, 0.4) is 0 Å². The number of benzene rings is 1. The van der Waals surface area contributed by atoms with Crippen LogP contribution in [0.15, 0.2) is 48.7 Å². The van der Waals surface area contributed by atoms with Crippen LogP contribution in [0.2, 0.25) is 0 Å². The summed E-state index contributed by atoms with van der Waals surface area (Å²) in [5.74, 6) is 0.127. The number of hydrogen-bond donors (Lipinski definition) is 2. The van der Waals surface area contributed by atoms with E-state index in [1.54, 1.807) is 36.1 Å². The lowest BCUT2D eigenvalue weighted by Crippen LogP contribution is -2.48. The zero-order chi connectivity index (χ0) is 22.7. The monoisotopic (exact) mass is 459 g/mol. The van der Waals surface area contributed by atoms with E-state index in [1.165, 1.54) is 12.3 Å². The molecule has 10 heteroatoms. The van der Waals surface area contributed by atoms with Crippen LogP contribution in [0.1, 0.15) is 34.5 Å². The Morgan fingerprint density at radius 2 is 1.94 bits per heavy atom. The summed E-state index contributed by atoms with van der Waals surface area (Å²) in [5, 5.41) is 18.1. The zero-order valence-corrected chi connectivity index (χ0v) is 18.3. The maximum Gasteiger partial charge on any atom is 0.256 e. The van der Waals surface area contributed by atoms with E-state index in [9.17, 15) is 18.2 Å². The molecule has 4 rings (SSSR count). The van der Waals surface area contributed by atoms with Gasteiger partial charge in [0.2, 0.25) is 0 Å². The maximum absolute atomic E-state index is 14.3.